The zero-order valence-corrected chi connectivity index (χ0v) is 12.2. The quantitative estimate of drug-likeness (QED) is 0.878. The predicted octanol–water partition coefficient (Wildman–Crippen LogP) is 3.38. The number of hydrogen-bond donors (Lipinski definition) is 1. The van der Waals surface area contributed by atoms with Gasteiger partial charge in [-0.2, -0.15) is 5.10 Å². The van der Waals surface area contributed by atoms with E-state index >= 15 is 0 Å². The number of hydrogen-bond acceptors (Lipinski definition) is 4. The van der Waals surface area contributed by atoms with Crippen molar-refractivity contribution in [1.82, 2.24) is 9.78 Å². The number of anilines is 1. The molecule has 3 rings (SSSR count). The summed E-state index contributed by atoms with van der Waals surface area (Å²) in [5, 5.41) is 4.27. The maximum absolute atomic E-state index is 12.5. The number of benzene rings is 1. The first kappa shape index (κ1) is 15.7. The van der Waals surface area contributed by atoms with Gasteiger partial charge in [0.05, 0.1) is 12.2 Å². The van der Waals surface area contributed by atoms with E-state index in [4.69, 9.17) is 10.5 Å². The van der Waals surface area contributed by atoms with Crippen LogP contribution < -0.4 is 10.5 Å². The highest BCUT2D eigenvalue weighted by Crippen LogP contribution is 2.35. The number of alkyl halides is 3. The van der Waals surface area contributed by atoms with E-state index in [1.54, 1.807) is 10.9 Å². The van der Waals surface area contributed by atoms with Gasteiger partial charge in [0.15, 0.2) is 0 Å². The van der Waals surface area contributed by atoms with Gasteiger partial charge in [0.2, 0.25) is 0 Å². The van der Waals surface area contributed by atoms with Crippen molar-refractivity contribution < 1.29 is 22.6 Å². The number of nitrogens with zero attached hydrogens (tertiary/aromatic N) is 2. The fourth-order valence-electron chi connectivity index (χ4n) is 2.61. The molecule has 8 heteroatoms. The molecule has 1 aromatic carbocycles. The van der Waals surface area contributed by atoms with Gasteiger partial charge in [0, 0.05) is 36.2 Å². The summed E-state index contributed by atoms with van der Waals surface area (Å²) in [7, 11) is 0. The lowest BCUT2D eigenvalue weighted by atomic mass is 10.1. The smallest absolute Gasteiger partial charge is 0.405 e. The molecule has 5 nitrogen and oxygen atoms in total. The second-order valence-electron chi connectivity index (χ2n) is 5.36. The molecule has 1 aliphatic rings. The first-order valence-corrected chi connectivity index (χ1v) is 7.20. The zero-order valence-electron chi connectivity index (χ0n) is 12.2. The zero-order chi connectivity index (χ0) is 16.4. The van der Waals surface area contributed by atoms with Crippen LogP contribution in [0.4, 0.5) is 18.9 Å². The third-order valence-corrected chi connectivity index (χ3v) is 3.71. The van der Waals surface area contributed by atoms with Gasteiger partial charge in [-0.1, -0.05) is 0 Å². The molecule has 2 aromatic rings. The molecule has 2 N–H and O–H groups in total. The highest BCUT2D eigenvalue weighted by Gasteiger charge is 2.32. The minimum absolute atomic E-state index is 0.186. The Labute approximate surface area is 130 Å². The van der Waals surface area contributed by atoms with E-state index in [0.29, 0.717) is 24.5 Å². The number of nitrogen functional groups attached to an aromatic ring is 1. The molecule has 0 spiro atoms. The fourth-order valence-corrected chi connectivity index (χ4v) is 2.61. The lowest BCUT2D eigenvalue weighted by Gasteiger charge is -2.22. The Morgan fingerprint density at radius 2 is 2.00 bits per heavy atom. The Kier molecular flexibility index (Phi) is 4.16. The highest BCUT2D eigenvalue weighted by atomic mass is 19.4. The maximum Gasteiger partial charge on any atom is 0.573 e. The van der Waals surface area contributed by atoms with Crippen molar-refractivity contribution >= 4 is 5.69 Å². The lowest BCUT2D eigenvalue weighted by molar-refractivity contribution is -0.274. The molecule has 0 radical (unpaired) electrons. The molecule has 1 aliphatic heterocycles. The van der Waals surface area contributed by atoms with Crippen molar-refractivity contribution in [3.05, 3.63) is 30.6 Å². The van der Waals surface area contributed by atoms with E-state index in [-0.39, 0.29) is 17.4 Å². The van der Waals surface area contributed by atoms with E-state index in [2.05, 4.69) is 9.84 Å². The normalized spacial score (nSPS) is 16.5. The molecule has 2 heterocycles. The van der Waals surface area contributed by atoms with Gasteiger partial charge in [0.1, 0.15) is 5.75 Å². The van der Waals surface area contributed by atoms with Crippen molar-refractivity contribution in [2.45, 2.75) is 25.2 Å². The van der Waals surface area contributed by atoms with Crippen LogP contribution >= 0.6 is 0 Å². The van der Waals surface area contributed by atoms with Crippen LogP contribution in [0.2, 0.25) is 0 Å². The van der Waals surface area contributed by atoms with Gasteiger partial charge in [-0.15, -0.1) is 13.2 Å². The van der Waals surface area contributed by atoms with Gasteiger partial charge in [-0.25, -0.2) is 0 Å². The third kappa shape index (κ3) is 3.76. The molecular weight excluding hydrogens is 311 g/mol. The van der Waals surface area contributed by atoms with Crippen LogP contribution in [-0.2, 0) is 4.74 Å². The van der Waals surface area contributed by atoms with E-state index in [9.17, 15) is 13.2 Å². The molecule has 124 valence electrons. The van der Waals surface area contributed by atoms with Gasteiger partial charge >= 0.3 is 6.36 Å². The average Bonchev–Trinajstić information content (AvgIpc) is 2.98. The molecule has 23 heavy (non-hydrogen) atoms. The van der Waals surface area contributed by atoms with Crippen LogP contribution in [0.1, 0.15) is 18.9 Å². The first-order valence-electron chi connectivity index (χ1n) is 7.20. The Hall–Kier alpha value is -2.22. The van der Waals surface area contributed by atoms with Crippen LogP contribution in [0.25, 0.3) is 11.1 Å². The molecule has 0 unspecified atom stereocenters. The summed E-state index contributed by atoms with van der Waals surface area (Å²) >= 11 is 0. The third-order valence-electron chi connectivity index (χ3n) is 3.71. The van der Waals surface area contributed by atoms with Crippen molar-refractivity contribution in [2.24, 2.45) is 0 Å². The van der Waals surface area contributed by atoms with Crippen LogP contribution in [0.5, 0.6) is 5.75 Å². The first-order chi connectivity index (χ1) is 10.9. The molecular formula is C15H16F3N3O2. The topological polar surface area (TPSA) is 62.3 Å². The van der Waals surface area contributed by atoms with Crippen LogP contribution in [0.3, 0.4) is 0 Å². The SMILES string of the molecule is Nc1ccc(OC(F)(F)F)c(-c2cnn(C3CCOCC3)c2)c1. The standard InChI is InChI=1S/C15H16F3N3O2/c16-15(17,18)23-14-2-1-11(19)7-13(14)10-8-20-21(9-10)12-3-5-22-6-4-12/h1-2,7-9,12H,3-6,19H2. The molecule has 1 fully saturated rings. The minimum atomic E-state index is -4.76. The minimum Gasteiger partial charge on any atom is -0.405 e. The Balaban J connectivity index is 1.91. The van der Waals surface area contributed by atoms with Crippen molar-refractivity contribution in [2.75, 3.05) is 18.9 Å². The highest BCUT2D eigenvalue weighted by molar-refractivity contribution is 5.73. The van der Waals surface area contributed by atoms with Crippen LogP contribution in [0, 0.1) is 0 Å². The number of ether oxygens (including phenoxy) is 2. The molecule has 0 bridgehead atoms. The van der Waals surface area contributed by atoms with Gasteiger partial charge < -0.3 is 15.2 Å². The maximum atomic E-state index is 12.5. The number of aromatic nitrogens is 2. The largest absolute Gasteiger partial charge is 0.573 e. The summed E-state index contributed by atoms with van der Waals surface area (Å²) < 4.78 is 48.8. The van der Waals surface area contributed by atoms with E-state index in [1.165, 1.54) is 24.4 Å². The van der Waals surface area contributed by atoms with Crippen LogP contribution in [0.15, 0.2) is 30.6 Å². The summed E-state index contributed by atoms with van der Waals surface area (Å²) in [5.41, 5.74) is 6.85. The van der Waals surface area contributed by atoms with E-state index in [0.717, 1.165) is 12.8 Å². The number of halogens is 3. The number of rotatable bonds is 3. The summed E-state index contributed by atoms with van der Waals surface area (Å²) in [4.78, 5) is 0. The van der Waals surface area contributed by atoms with Crippen molar-refractivity contribution in [3.8, 4) is 16.9 Å². The van der Waals surface area contributed by atoms with Gasteiger partial charge in [0.25, 0.3) is 0 Å². The Morgan fingerprint density at radius 3 is 2.70 bits per heavy atom. The van der Waals surface area contributed by atoms with Gasteiger partial charge in [-0.05, 0) is 31.0 Å². The summed E-state index contributed by atoms with van der Waals surface area (Å²) in [6, 6.07) is 4.22. The predicted molar refractivity (Wildman–Crippen MR) is 77.8 cm³/mol. The van der Waals surface area contributed by atoms with Gasteiger partial charge in [-0.3, -0.25) is 4.68 Å². The summed E-state index contributed by atoms with van der Waals surface area (Å²) in [5.74, 6) is -0.293. The summed E-state index contributed by atoms with van der Waals surface area (Å²) in [6.07, 6.45) is 0.122. The fraction of sp³-hybridized carbons (Fsp3) is 0.400. The van der Waals surface area contributed by atoms with Crippen molar-refractivity contribution in [1.29, 1.82) is 0 Å². The molecule has 0 atom stereocenters. The van der Waals surface area contributed by atoms with Crippen molar-refractivity contribution in [3.63, 3.8) is 0 Å². The molecule has 0 saturated carbocycles. The molecule has 0 amide bonds. The average molecular weight is 327 g/mol. The second kappa shape index (κ2) is 6.11. The summed E-state index contributed by atoms with van der Waals surface area (Å²) in [6.45, 7) is 1.31. The second-order valence-corrected chi connectivity index (χ2v) is 5.36. The molecule has 1 aromatic heterocycles. The van der Waals surface area contributed by atoms with E-state index < -0.39 is 6.36 Å². The number of nitrogens with two attached hydrogens (primary N) is 1. The Bertz CT molecular complexity index is 679. The van der Waals surface area contributed by atoms with Crippen LogP contribution in [-0.4, -0.2) is 29.4 Å². The molecule has 0 aliphatic carbocycles. The Morgan fingerprint density at radius 1 is 1.26 bits per heavy atom. The lowest BCUT2D eigenvalue weighted by Crippen LogP contribution is -2.19. The monoisotopic (exact) mass is 327 g/mol. The molecule has 1 saturated heterocycles. The van der Waals surface area contributed by atoms with E-state index in [1.807, 2.05) is 0 Å².